The van der Waals surface area contributed by atoms with Crippen LogP contribution in [0.3, 0.4) is 0 Å². The van der Waals surface area contributed by atoms with Crippen molar-refractivity contribution in [2.24, 2.45) is 0 Å². The summed E-state index contributed by atoms with van der Waals surface area (Å²) in [6.07, 6.45) is -1.01. The quantitative estimate of drug-likeness (QED) is 0.594. The third-order valence-corrected chi connectivity index (χ3v) is 7.40. The topological polar surface area (TPSA) is 112 Å². The number of fused-ring (bicyclic) bond motifs is 1. The lowest BCUT2D eigenvalue weighted by molar-refractivity contribution is -0.148. The first-order valence-electron chi connectivity index (χ1n) is 10.3. The Labute approximate surface area is 191 Å². The van der Waals surface area contributed by atoms with Crippen LogP contribution < -0.4 is 14.4 Å². The maximum atomic E-state index is 13.5. The fraction of sp³-hybridized carbons (Fsp3) is 0.364. The fourth-order valence-electron chi connectivity index (χ4n) is 3.77. The number of carbonyl (C=O) groups is 2. The Balaban J connectivity index is 1.73. The highest BCUT2D eigenvalue weighted by Gasteiger charge is 2.36. The van der Waals surface area contributed by atoms with E-state index in [1.807, 2.05) is 0 Å². The standard InChI is InChI=1S/C22H24N2O8S/c1-29-18-8-7-15(13-20(18)33(27,28)23-9-11-31-12-10-23)21(25)24-14-19(22(26)30-2)32-17-6-4-3-5-16(17)24/h3-8,13,19H,9-12,14H2,1-2H3/t19-/m0/s1. The van der Waals surface area contributed by atoms with Gasteiger partial charge in [-0.3, -0.25) is 4.79 Å². The number of anilines is 1. The molecule has 2 aliphatic heterocycles. The molecule has 2 heterocycles. The predicted octanol–water partition coefficient (Wildman–Crippen LogP) is 1.30. The van der Waals surface area contributed by atoms with Gasteiger partial charge in [-0.1, -0.05) is 12.1 Å². The van der Waals surface area contributed by atoms with Gasteiger partial charge in [-0.2, -0.15) is 4.31 Å². The molecule has 0 radical (unpaired) electrons. The van der Waals surface area contributed by atoms with Crippen molar-refractivity contribution in [3.05, 3.63) is 48.0 Å². The van der Waals surface area contributed by atoms with Crippen molar-refractivity contribution in [3.8, 4) is 11.5 Å². The summed E-state index contributed by atoms with van der Waals surface area (Å²) in [5.74, 6) is -0.622. The highest BCUT2D eigenvalue weighted by Crippen LogP contribution is 2.35. The highest BCUT2D eigenvalue weighted by atomic mass is 32.2. The fourth-order valence-corrected chi connectivity index (χ4v) is 5.36. The molecule has 1 amide bonds. The maximum absolute atomic E-state index is 13.5. The molecular weight excluding hydrogens is 452 g/mol. The summed E-state index contributed by atoms with van der Waals surface area (Å²) in [5, 5.41) is 0. The van der Waals surface area contributed by atoms with E-state index < -0.39 is 28.0 Å². The van der Waals surface area contributed by atoms with Crippen molar-refractivity contribution in [2.45, 2.75) is 11.0 Å². The number of sulfonamides is 1. The molecule has 11 heteroatoms. The summed E-state index contributed by atoms with van der Waals surface area (Å²) in [7, 11) is -1.31. The Morgan fingerprint density at radius 2 is 1.79 bits per heavy atom. The average Bonchev–Trinajstić information content (AvgIpc) is 2.87. The van der Waals surface area contributed by atoms with Gasteiger partial charge >= 0.3 is 5.97 Å². The minimum atomic E-state index is -3.92. The van der Waals surface area contributed by atoms with Crippen LogP contribution in [0.5, 0.6) is 11.5 Å². The lowest BCUT2D eigenvalue weighted by Crippen LogP contribution is -2.47. The first kappa shape index (κ1) is 23.0. The SMILES string of the molecule is COC(=O)[C@@H]1CN(C(=O)c2ccc(OC)c(S(=O)(=O)N3CCOCC3)c2)c2ccccc2O1. The Kier molecular flexibility index (Phi) is 6.54. The molecule has 2 aliphatic rings. The molecule has 2 aromatic carbocycles. The minimum Gasteiger partial charge on any atom is -0.495 e. The molecule has 0 N–H and O–H groups in total. The van der Waals surface area contributed by atoms with Gasteiger partial charge in [0.2, 0.25) is 16.1 Å². The Morgan fingerprint density at radius 3 is 2.48 bits per heavy atom. The molecule has 1 fully saturated rings. The van der Waals surface area contributed by atoms with Gasteiger partial charge in [0.05, 0.1) is 39.7 Å². The van der Waals surface area contributed by atoms with Crippen LogP contribution >= 0.6 is 0 Å². The number of nitrogens with zero attached hydrogens (tertiary/aromatic N) is 2. The maximum Gasteiger partial charge on any atom is 0.348 e. The smallest absolute Gasteiger partial charge is 0.348 e. The lowest BCUT2D eigenvalue weighted by atomic mass is 10.1. The van der Waals surface area contributed by atoms with Crippen LogP contribution in [0.4, 0.5) is 5.69 Å². The molecule has 33 heavy (non-hydrogen) atoms. The molecule has 176 valence electrons. The second kappa shape index (κ2) is 9.38. The zero-order chi connectivity index (χ0) is 23.6. The predicted molar refractivity (Wildman–Crippen MR) is 117 cm³/mol. The van der Waals surface area contributed by atoms with Gasteiger partial charge < -0.3 is 23.8 Å². The molecule has 0 bridgehead atoms. The first-order valence-corrected chi connectivity index (χ1v) is 11.7. The second-order valence-electron chi connectivity index (χ2n) is 7.40. The molecular formula is C22H24N2O8S. The number of hydrogen-bond acceptors (Lipinski definition) is 8. The summed E-state index contributed by atoms with van der Waals surface area (Å²) in [4.78, 5) is 26.9. The third-order valence-electron chi connectivity index (χ3n) is 5.48. The van der Waals surface area contributed by atoms with Crippen molar-refractivity contribution >= 4 is 27.6 Å². The van der Waals surface area contributed by atoms with Gasteiger partial charge in [-0.15, -0.1) is 0 Å². The van der Waals surface area contributed by atoms with E-state index in [0.29, 0.717) is 24.7 Å². The average molecular weight is 477 g/mol. The van der Waals surface area contributed by atoms with E-state index in [1.54, 1.807) is 24.3 Å². The molecule has 1 saturated heterocycles. The Hall–Kier alpha value is -3.15. The van der Waals surface area contributed by atoms with Crippen LogP contribution in [-0.2, 0) is 24.3 Å². The van der Waals surface area contributed by atoms with E-state index in [-0.39, 0.29) is 35.8 Å². The molecule has 0 spiro atoms. The van der Waals surface area contributed by atoms with Crippen LogP contribution in [-0.4, -0.2) is 77.8 Å². The number of methoxy groups -OCH3 is 2. The van der Waals surface area contributed by atoms with Gasteiger partial charge in [0, 0.05) is 18.7 Å². The third kappa shape index (κ3) is 4.39. The molecule has 0 aromatic heterocycles. The van der Waals surface area contributed by atoms with Gasteiger partial charge in [-0.05, 0) is 30.3 Å². The molecule has 10 nitrogen and oxygen atoms in total. The molecule has 1 atom stereocenters. The second-order valence-corrected chi connectivity index (χ2v) is 9.30. The largest absolute Gasteiger partial charge is 0.495 e. The van der Waals surface area contributed by atoms with Crippen LogP contribution in [0.15, 0.2) is 47.4 Å². The summed E-state index contributed by atoms with van der Waals surface area (Å²) in [5.41, 5.74) is 0.596. The van der Waals surface area contributed by atoms with Crippen molar-refractivity contribution in [2.75, 3.05) is 52.0 Å². The Morgan fingerprint density at radius 1 is 1.06 bits per heavy atom. The van der Waals surface area contributed by atoms with Gasteiger partial charge in [0.15, 0.2) is 0 Å². The van der Waals surface area contributed by atoms with E-state index in [1.165, 1.54) is 41.6 Å². The summed E-state index contributed by atoms with van der Waals surface area (Å²) >= 11 is 0. The zero-order valence-electron chi connectivity index (χ0n) is 18.2. The molecule has 2 aromatic rings. The first-order chi connectivity index (χ1) is 15.9. The minimum absolute atomic E-state index is 0.0832. The van der Waals surface area contributed by atoms with Gasteiger partial charge in [-0.25, -0.2) is 13.2 Å². The monoisotopic (exact) mass is 476 g/mol. The van der Waals surface area contributed by atoms with Crippen molar-refractivity contribution < 1.29 is 37.0 Å². The van der Waals surface area contributed by atoms with Crippen LogP contribution in [0.1, 0.15) is 10.4 Å². The number of esters is 1. The number of para-hydroxylation sites is 2. The van der Waals surface area contributed by atoms with Crippen LogP contribution in [0, 0.1) is 0 Å². The number of hydrogen-bond donors (Lipinski definition) is 0. The van der Waals surface area contributed by atoms with Crippen molar-refractivity contribution in [3.63, 3.8) is 0 Å². The van der Waals surface area contributed by atoms with Crippen molar-refractivity contribution in [1.29, 1.82) is 0 Å². The normalized spacial score (nSPS) is 18.7. The molecule has 0 unspecified atom stereocenters. The highest BCUT2D eigenvalue weighted by molar-refractivity contribution is 7.89. The zero-order valence-corrected chi connectivity index (χ0v) is 19.0. The number of amides is 1. The van der Waals surface area contributed by atoms with Gasteiger partial charge in [0.1, 0.15) is 16.4 Å². The summed E-state index contributed by atoms with van der Waals surface area (Å²) < 4.78 is 48.9. The summed E-state index contributed by atoms with van der Waals surface area (Å²) in [6.45, 7) is 0.919. The molecule has 4 rings (SSSR count). The van der Waals surface area contributed by atoms with E-state index >= 15 is 0 Å². The van der Waals surface area contributed by atoms with Crippen LogP contribution in [0.25, 0.3) is 0 Å². The summed E-state index contributed by atoms with van der Waals surface area (Å²) in [6, 6.07) is 11.0. The molecule has 0 aliphatic carbocycles. The number of rotatable bonds is 5. The van der Waals surface area contributed by atoms with E-state index in [0.717, 1.165) is 0 Å². The van der Waals surface area contributed by atoms with E-state index in [2.05, 4.69) is 0 Å². The number of ether oxygens (including phenoxy) is 4. The van der Waals surface area contributed by atoms with E-state index in [4.69, 9.17) is 18.9 Å². The van der Waals surface area contributed by atoms with Gasteiger partial charge in [0.25, 0.3) is 5.91 Å². The Bertz CT molecular complexity index is 1160. The number of morpholine rings is 1. The van der Waals surface area contributed by atoms with Crippen LogP contribution in [0.2, 0.25) is 0 Å². The lowest BCUT2D eigenvalue weighted by Gasteiger charge is -2.33. The van der Waals surface area contributed by atoms with Crippen molar-refractivity contribution in [1.82, 2.24) is 4.31 Å². The number of carbonyl (C=O) groups excluding carboxylic acids is 2. The van der Waals surface area contributed by atoms with E-state index in [9.17, 15) is 18.0 Å². The molecule has 0 saturated carbocycles. The number of benzene rings is 2.